The van der Waals surface area contributed by atoms with Gasteiger partial charge in [0.2, 0.25) is 6.79 Å². The number of rotatable bonds is 8. The van der Waals surface area contributed by atoms with E-state index in [0.717, 1.165) is 50.2 Å². The van der Waals surface area contributed by atoms with E-state index in [1.165, 1.54) is 0 Å². The van der Waals surface area contributed by atoms with Crippen LogP contribution in [-0.4, -0.2) is 33.7 Å². The largest absolute Gasteiger partial charge is 0.497 e. The van der Waals surface area contributed by atoms with E-state index in [1.54, 1.807) is 30.2 Å². The lowest BCUT2D eigenvalue weighted by atomic mass is 10.2. The number of methoxy groups -OCH3 is 1. The van der Waals surface area contributed by atoms with Crippen molar-refractivity contribution in [3.63, 3.8) is 0 Å². The van der Waals surface area contributed by atoms with E-state index < -0.39 is 0 Å². The molecular weight excluding hydrogens is 448 g/mol. The van der Waals surface area contributed by atoms with Crippen molar-refractivity contribution in [1.29, 1.82) is 0 Å². The molecule has 0 aliphatic carbocycles. The Bertz CT molecular complexity index is 1220. The topological polar surface area (TPSA) is 80.5 Å². The zero-order valence-corrected chi connectivity index (χ0v) is 19.1. The highest BCUT2D eigenvalue weighted by Crippen LogP contribution is 2.37. The molecule has 32 heavy (non-hydrogen) atoms. The van der Waals surface area contributed by atoms with Crippen LogP contribution in [0.3, 0.4) is 0 Å². The van der Waals surface area contributed by atoms with Crippen molar-refractivity contribution in [2.24, 2.45) is 7.05 Å². The van der Waals surface area contributed by atoms with Crippen molar-refractivity contribution in [1.82, 2.24) is 19.7 Å². The molecule has 10 heteroatoms. The van der Waals surface area contributed by atoms with Crippen LogP contribution < -0.4 is 18.9 Å². The number of benzene rings is 2. The van der Waals surface area contributed by atoms with E-state index >= 15 is 0 Å². The van der Waals surface area contributed by atoms with Gasteiger partial charge < -0.3 is 23.5 Å². The molecule has 3 heterocycles. The molecule has 0 saturated heterocycles. The van der Waals surface area contributed by atoms with Gasteiger partial charge in [-0.3, -0.25) is 0 Å². The van der Waals surface area contributed by atoms with E-state index in [9.17, 15) is 0 Å². The van der Waals surface area contributed by atoms with Crippen molar-refractivity contribution in [2.75, 3.05) is 13.9 Å². The van der Waals surface area contributed by atoms with Crippen LogP contribution in [0.4, 0.5) is 0 Å². The lowest BCUT2D eigenvalue weighted by Crippen LogP contribution is -2.04. The molecule has 4 aromatic rings. The fourth-order valence-corrected chi connectivity index (χ4v) is 4.83. The average molecular weight is 469 g/mol. The molecule has 5 rings (SSSR count). The normalized spacial score (nSPS) is 12.2. The molecule has 0 atom stereocenters. The zero-order chi connectivity index (χ0) is 21.9. The fraction of sp³-hybridized carbons (Fsp3) is 0.227. The van der Waals surface area contributed by atoms with Gasteiger partial charge in [0.05, 0.1) is 12.8 Å². The van der Waals surface area contributed by atoms with E-state index in [1.807, 2.05) is 54.1 Å². The van der Waals surface area contributed by atoms with Crippen LogP contribution in [0, 0.1) is 0 Å². The summed E-state index contributed by atoms with van der Waals surface area (Å²) in [6.45, 7) is 0.602. The van der Waals surface area contributed by atoms with Crippen LogP contribution in [0.5, 0.6) is 23.0 Å². The molecule has 0 saturated carbocycles. The predicted molar refractivity (Wildman–Crippen MR) is 122 cm³/mol. The van der Waals surface area contributed by atoms with Gasteiger partial charge >= 0.3 is 0 Å². The van der Waals surface area contributed by atoms with Gasteiger partial charge in [-0.1, -0.05) is 11.8 Å². The number of aromatic nitrogens is 4. The lowest BCUT2D eigenvalue weighted by Gasteiger charge is -2.07. The number of ether oxygens (including phenoxy) is 4. The van der Waals surface area contributed by atoms with Gasteiger partial charge in [0, 0.05) is 23.7 Å². The second-order valence-corrected chi connectivity index (χ2v) is 8.72. The first-order chi connectivity index (χ1) is 15.7. The van der Waals surface area contributed by atoms with Gasteiger partial charge in [0.1, 0.15) is 23.1 Å². The van der Waals surface area contributed by atoms with Gasteiger partial charge in [0.25, 0.3) is 0 Å². The van der Waals surface area contributed by atoms with Crippen molar-refractivity contribution >= 4 is 23.1 Å². The summed E-state index contributed by atoms with van der Waals surface area (Å²) >= 11 is 3.20. The van der Waals surface area contributed by atoms with Crippen LogP contribution in [0.1, 0.15) is 11.5 Å². The van der Waals surface area contributed by atoms with Gasteiger partial charge in [-0.2, -0.15) is 0 Å². The molecule has 0 amide bonds. The Kier molecular flexibility index (Phi) is 5.87. The van der Waals surface area contributed by atoms with Gasteiger partial charge in [-0.05, 0) is 42.5 Å². The Balaban J connectivity index is 1.19. The summed E-state index contributed by atoms with van der Waals surface area (Å²) < 4.78 is 23.8. The van der Waals surface area contributed by atoms with E-state index in [-0.39, 0.29) is 6.79 Å². The number of fused-ring (bicyclic) bond motifs is 1. The molecule has 1 aliphatic rings. The smallest absolute Gasteiger partial charge is 0.231 e. The number of hydrogen-bond acceptors (Lipinski definition) is 9. The average Bonchev–Trinajstić information content (AvgIpc) is 3.56. The third-order valence-electron chi connectivity index (χ3n) is 4.87. The Morgan fingerprint density at radius 2 is 1.88 bits per heavy atom. The molecule has 0 radical (unpaired) electrons. The fourth-order valence-electron chi connectivity index (χ4n) is 3.09. The summed E-state index contributed by atoms with van der Waals surface area (Å²) in [4.78, 5) is 4.76. The maximum Gasteiger partial charge on any atom is 0.231 e. The van der Waals surface area contributed by atoms with E-state index in [2.05, 4.69) is 15.6 Å². The third kappa shape index (κ3) is 4.37. The highest BCUT2D eigenvalue weighted by atomic mass is 32.2. The summed E-state index contributed by atoms with van der Waals surface area (Å²) in [6, 6.07) is 13.3. The van der Waals surface area contributed by atoms with E-state index in [0.29, 0.717) is 12.4 Å². The third-order valence-corrected chi connectivity index (χ3v) is 6.87. The number of hydrogen-bond donors (Lipinski definition) is 0. The zero-order valence-electron chi connectivity index (χ0n) is 17.5. The minimum absolute atomic E-state index is 0.267. The number of thioether (sulfide) groups is 1. The van der Waals surface area contributed by atoms with Crippen LogP contribution in [0.2, 0.25) is 0 Å². The Morgan fingerprint density at radius 3 is 2.72 bits per heavy atom. The summed E-state index contributed by atoms with van der Waals surface area (Å²) in [5.41, 5.74) is 2.01. The first-order valence-electron chi connectivity index (χ1n) is 9.82. The number of thiazole rings is 1. The summed E-state index contributed by atoms with van der Waals surface area (Å²) in [5, 5.41) is 12.4. The molecule has 0 unspecified atom stereocenters. The van der Waals surface area contributed by atoms with Crippen LogP contribution in [0.15, 0.2) is 53.0 Å². The van der Waals surface area contributed by atoms with Crippen LogP contribution >= 0.6 is 23.1 Å². The SMILES string of the molecule is COc1ccc(OCc2nnc(SCc3csc(-c4ccc5c(c4)OCO5)n3)n2C)cc1. The molecule has 0 spiro atoms. The van der Waals surface area contributed by atoms with Crippen molar-refractivity contribution < 1.29 is 18.9 Å². The molecule has 2 aromatic heterocycles. The maximum absolute atomic E-state index is 5.81. The monoisotopic (exact) mass is 468 g/mol. The maximum atomic E-state index is 5.81. The minimum atomic E-state index is 0.267. The summed E-state index contributed by atoms with van der Waals surface area (Å²) in [5.74, 6) is 4.53. The quantitative estimate of drug-likeness (QED) is 0.349. The molecule has 164 valence electrons. The molecule has 1 aliphatic heterocycles. The van der Waals surface area contributed by atoms with Gasteiger partial charge in [-0.25, -0.2) is 4.98 Å². The van der Waals surface area contributed by atoms with Crippen LogP contribution in [-0.2, 0) is 19.4 Å². The molecule has 0 N–H and O–H groups in total. The molecule has 0 fully saturated rings. The Morgan fingerprint density at radius 1 is 1.06 bits per heavy atom. The number of nitrogens with zero attached hydrogens (tertiary/aromatic N) is 4. The minimum Gasteiger partial charge on any atom is -0.497 e. The first kappa shape index (κ1) is 20.7. The standard InChI is InChI=1S/C22H20N4O4S2/c1-26-20(10-28-17-6-4-16(27-2)5-7-17)24-25-22(26)32-12-15-11-31-21(23-15)14-3-8-18-19(9-14)30-13-29-18/h3-9,11H,10,12-13H2,1-2H3. The molecule has 2 aromatic carbocycles. The highest BCUT2D eigenvalue weighted by molar-refractivity contribution is 7.98. The summed E-state index contributed by atoms with van der Waals surface area (Å²) in [6.07, 6.45) is 0. The summed E-state index contributed by atoms with van der Waals surface area (Å²) in [7, 11) is 3.58. The van der Waals surface area contributed by atoms with Crippen molar-refractivity contribution in [3.8, 4) is 33.6 Å². The van der Waals surface area contributed by atoms with Gasteiger partial charge in [-0.15, -0.1) is 21.5 Å². The van der Waals surface area contributed by atoms with Crippen molar-refractivity contribution in [2.45, 2.75) is 17.5 Å². The first-order valence-corrected chi connectivity index (χ1v) is 11.7. The van der Waals surface area contributed by atoms with E-state index in [4.69, 9.17) is 23.9 Å². The molecule has 0 bridgehead atoms. The predicted octanol–water partition coefficient (Wildman–Crippen LogP) is 4.55. The van der Waals surface area contributed by atoms with Crippen molar-refractivity contribution in [3.05, 3.63) is 59.4 Å². The van der Waals surface area contributed by atoms with Gasteiger partial charge in [0.15, 0.2) is 22.5 Å². The second-order valence-electron chi connectivity index (χ2n) is 6.92. The highest BCUT2D eigenvalue weighted by Gasteiger charge is 2.16. The Labute approximate surface area is 193 Å². The Hall–Kier alpha value is -3.24. The second kappa shape index (κ2) is 9.09. The van der Waals surface area contributed by atoms with Crippen LogP contribution in [0.25, 0.3) is 10.6 Å². The molecular formula is C22H20N4O4S2. The molecule has 8 nitrogen and oxygen atoms in total. The lowest BCUT2D eigenvalue weighted by molar-refractivity contribution is 0.174.